The molecule has 0 spiro atoms. The van der Waals surface area contributed by atoms with E-state index in [0.29, 0.717) is 11.6 Å². The van der Waals surface area contributed by atoms with Crippen LogP contribution in [0.25, 0.3) is 0 Å². The second-order valence-corrected chi connectivity index (χ2v) is 6.17. The highest BCUT2D eigenvalue weighted by Gasteiger charge is 2.14. The van der Waals surface area contributed by atoms with E-state index in [1.807, 2.05) is 18.2 Å². The molecule has 1 heterocycles. The molecule has 0 aliphatic carbocycles. The number of hydrogen-bond donors (Lipinski definition) is 2. The van der Waals surface area contributed by atoms with Crippen molar-refractivity contribution in [2.24, 2.45) is 5.73 Å². The summed E-state index contributed by atoms with van der Waals surface area (Å²) in [5, 5.41) is 5.55. The van der Waals surface area contributed by atoms with E-state index in [-0.39, 0.29) is 5.91 Å². The predicted octanol–water partition coefficient (Wildman–Crippen LogP) is 2.24. The van der Waals surface area contributed by atoms with Crippen LogP contribution in [0.2, 0.25) is 0 Å². The highest BCUT2D eigenvalue weighted by molar-refractivity contribution is 7.10. The van der Waals surface area contributed by atoms with Gasteiger partial charge in [-0.2, -0.15) is 0 Å². The van der Waals surface area contributed by atoms with Gasteiger partial charge in [0, 0.05) is 23.5 Å². The van der Waals surface area contributed by atoms with Crippen molar-refractivity contribution in [1.29, 1.82) is 0 Å². The largest absolute Gasteiger partial charge is 0.366 e. The van der Waals surface area contributed by atoms with Crippen molar-refractivity contribution in [2.45, 2.75) is 12.6 Å². The number of amides is 1. The number of likely N-dealkylation sites (N-methyl/N-ethyl adjacent to an activating group) is 1. The van der Waals surface area contributed by atoms with Crippen LogP contribution in [0.4, 0.5) is 0 Å². The van der Waals surface area contributed by atoms with Crippen molar-refractivity contribution < 1.29 is 4.79 Å². The van der Waals surface area contributed by atoms with Crippen molar-refractivity contribution >= 4 is 17.2 Å². The first-order valence-corrected chi connectivity index (χ1v) is 7.75. The minimum absolute atomic E-state index is 0.351. The van der Waals surface area contributed by atoms with Gasteiger partial charge in [-0.25, -0.2) is 0 Å². The fraction of sp³-hybridized carbons (Fsp3) is 0.312. The topological polar surface area (TPSA) is 58.4 Å². The van der Waals surface area contributed by atoms with Crippen LogP contribution in [-0.2, 0) is 6.54 Å². The number of benzene rings is 1. The molecule has 2 aromatic rings. The molecular weight excluding hydrogens is 282 g/mol. The van der Waals surface area contributed by atoms with E-state index in [9.17, 15) is 4.79 Å². The molecule has 5 heteroatoms. The Morgan fingerprint density at radius 2 is 2.14 bits per heavy atom. The Hall–Kier alpha value is -1.69. The van der Waals surface area contributed by atoms with E-state index in [2.05, 4.69) is 41.8 Å². The first-order valence-electron chi connectivity index (χ1n) is 6.87. The van der Waals surface area contributed by atoms with Crippen LogP contribution in [0.15, 0.2) is 41.8 Å². The number of nitrogens with one attached hydrogen (secondary N) is 1. The monoisotopic (exact) mass is 303 g/mol. The summed E-state index contributed by atoms with van der Waals surface area (Å²) in [7, 11) is 4.17. The third-order valence-electron chi connectivity index (χ3n) is 3.37. The first-order chi connectivity index (χ1) is 10.1. The zero-order valence-corrected chi connectivity index (χ0v) is 13.2. The second kappa shape index (κ2) is 7.36. The number of primary amides is 1. The number of rotatable bonds is 7. The Morgan fingerprint density at radius 1 is 1.33 bits per heavy atom. The lowest BCUT2D eigenvalue weighted by molar-refractivity contribution is 0.1000. The number of carbonyl (C=O) groups is 1. The van der Waals surface area contributed by atoms with Crippen LogP contribution in [0.3, 0.4) is 0 Å². The molecule has 0 fully saturated rings. The van der Waals surface area contributed by atoms with Crippen molar-refractivity contribution in [2.75, 3.05) is 20.6 Å². The average Bonchev–Trinajstić information content (AvgIpc) is 2.97. The molecule has 1 unspecified atom stereocenters. The number of hydrogen-bond acceptors (Lipinski definition) is 4. The lowest BCUT2D eigenvalue weighted by Crippen LogP contribution is -2.30. The van der Waals surface area contributed by atoms with Gasteiger partial charge in [0.05, 0.1) is 6.04 Å². The maximum absolute atomic E-state index is 11.2. The zero-order valence-electron chi connectivity index (χ0n) is 12.4. The molecule has 3 N–H and O–H groups in total. The summed E-state index contributed by atoms with van der Waals surface area (Å²) in [6.07, 6.45) is 0. The predicted molar refractivity (Wildman–Crippen MR) is 87.4 cm³/mol. The van der Waals surface area contributed by atoms with Gasteiger partial charge in [0.1, 0.15) is 0 Å². The fourth-order valence-corrected chi connectivity index (χ4v) is 3.13. The van der Waals surface area contributed by atoms with Crippen LogP contribution < -0.4 is 11.1 Å². The third-order valence-corrected chi connectivity index (χ3v) is 4.35. The highest BCUT2D eigenvalue weighted by Crippen LogP contribution is 2.22. The summed E-state index contributed by atoms with van der Waals surface area (Å²) in [6, 6.07) is 12.0. The van der Waals surface area contributed by atoms with Gasteiger partial charge in [-0.1, -0.05) is 18.2 Å². The quantitative estimate of drug-likeness (QED) is 0.825. The van der Waals surface area contributed by atoms with Crippen molar-refractivity contribution in [1.82, 2.24) is 10.2 Å². The Kier molecular flexibility index (Phi) is 5.50. The Bertz CT molecular complexity index is 581. The van der Waals surface area contributed by atoms with Crippen LogP contribution in [0.1, 0.15) is 26.8 Å². The molecule has 0 saturated heterocycles. The van der Waals surface area contributed by atoms with Gasteiger partial charge in [-0.3, -0.25) is 4.79 Å². The molecule has 112 valence electrons. The molecule has 1 aromatic heterocycles. The maximum atomic E-state index is 11.2. The molecule has 0 aliphatic heterocycles. The number of nitrogens with two attached hydrogens (primary N) is 1. The molecular formula is C16H21N3OS. The van der Waals surface area contributed by atoms with Gasteiger partial charge in [0.25, 0.3) is 0 Å². The van der Waals surface area contributed by atoms with Gasteiger partial charge in [0.15, 0.2) is 0 Å². The highest BCUT2D eigenvalue weighted by atomic mass is 32.1. The van der Waals surface area contributed by atoms with Gasteiger partial charge < -0.3 is 16.0 Å². The minimum atomic E-state index is -0.387. The van der Waals surface area contributed by atoms with Crippen LogP contribution in [0.5, 0.6) is 0 Å². The summed E-state index contributed by atoms with van der Waals surface area (Å²) in [5.74, 6) is -0.387. The summed E-state index contributed by atoms with van der Waals surface area (Å²) in [4.78, 5) is 14.7. The molecule has 1 aromatic carbocycles. The Morgan fingerprint density at radius 3 is 2.76 bits per heavy atom. The van der Waals surface area contributed by atoms with Gasteiger partial charge in [-0.15, -0.1) is 11.3 Å². The second-order valence-electron chi connectivity index (χ2n) is 5.19. The van der Waals surface area contributed by atoms with E-state index in [1.165, 1.54) is 4.88 Å². The van der Waals surface area contributed by atoms with Crippen LogP contribution in [0, 0.1) is 0 Å². The molecule has 0 bridgehead atoms. The molecule has 2 rings (SSSR count). The van der Waals surface area contributed by atoms with E-state index in [0.717, 1.165) is 18.7 Å². The molecule has 21 heavy (non-hydrogen) atoms. The zero-order chi connectivity index (χ0) is 15.2. The minimum Gasteiger partial charge on any atom is -0.366 e. The summed E-state index contributed by atoms with van der Waals surface area (Å²) in [5.41, 5.74) is 6.92. The molecule has 1 amide bonds. The molecule has 4 nitrogen and oxygen atoms in total. The van der Waals surface area contributed by atoms with Gasteiger partial charge in [-0.05, 0) is 43.2 Å². The van der Waals surface area contributed by atoms with E-state index in [1.54, 1.807) is 17.4 Å². The summed E-state index contributed by atoms with van der Waals surface area (Å²) >= 11 is 1.77. The number of thiophene rings is 1. The van der Waals surface area contributed by atoms with Crippen molar-refractivity contribution in [3.63, 3.8) is 0 Å². The average molecular weight is 303 g/mol. The standard InChI is InChI=1S/C16H21N3OS/c1-19(2)14(15-7-4-8-21-15)11-18-10-12-5-3-6-13(9-12)16(17)20/h3-9,14,18H,10-11H2,1-2H3,(H2,17,20). The lowest BCUT2D eigenvalue weighted by atomic mass is 10.1. The smallest absolute Gasteiger partial charge is 0.248 e. The maximum Gasteiger partial charge on any atom is 0.248 e. The van der Waals surface area contributed by atoms with Crippen LogP contribution in [-0.4, -0.2) is 31.4 Å². The molecule has 0 aliphatic rings. The molecule has 1 atom stereocenters. The SMILES string of the molecule is CN(C)C(CNCc1cccc(C(N)=O)c1)c1cccs1. The van der Waals surface area contributed by atoms with Gasteiger partial charge in [0.2, 0.25) is 5.91 Å². The van der Waals surface area contributed by atoms with Crippen LogP contribution >= 0.6 is 11.3 Å². The number of carbonyl (C=O) groups excluding carboxylic acids is 1. The van der Waals surface area contributed by atoms with E-state index in [4.69, 9.17) is 5.73 Å². The Balaban J connectivity index is 1.93. The van der Waals surface area contributed by atoms with Gasteiger partial charge >= 0.3 is 0 Å². The first kappa shape index (κ1) is 15.7. The van der Waals surface area contributed by atoms with Crippen molar-refractivity contribution in [3.8, 4) is 0 Å². The molecule has 0 radical (unpaired) electrons. The summed E-state index contributed by atoms with van der Waals surface area (Å²) in [6.45, 7) is 1.57. The molecule has 0 saturated carbocycles. The van der Waals surface area contributed by atoms with Crippen molar-refractivity contribution in [3.05, 3.63) is 57.8 Å². The third kappa shape index (κ3) is 4.39. The lowest BCUT2D eigenvalue weighted by Gasteiger charge is -2.23. The Labute approximate surface area is 129 Å². The van der Waals surface area contributed by atoms with E-state index >= 15 is 0 Å². The number of nitrogens with zero attached hydrogens (tertiary/aromatic N) is 1. The normalized spacial score (nSPS) is 12.5. The summed E-state index contributed by atoms with van der Waals surface area (Å²) < 4.78 is 0. The fourth-order valence-electron chi connectivity index (χ4n) is 2.21. The van der Waals surface area contributed by atoms with E-state index < -0.39 is 0 Å².